The number of benzene rings is 2. The molecule has 12 heteroatoms. The Morgan fingerprint density at radius 3 is 2.48 bits per heavy atom. The number of halogens is 1. The molecular weight excluding hydrogens is 559 g/mol. The zero-order valence-electron chi connectivity index (χ0n) is 23.6. The Morgan fingerprint density at radius 2 is 1.76 bits per heavy atom. The third-order valence-corrected chi connectivity index (χ3v) is 9.75. The normalized spacial score (nSPS) is 15.0. The molecule has 1 saturated heterocycles. The Bertz CT molecular complexity index is 1890. The van der Waals surface area contributed by atoms with Crippen LogP contribution in [-0.4, -0.2) is 70.2 Å². The summed E-state index contributed by atoms with van der Waals surface area (Å²) in [5.74, 6) is 0.848. The number of carbonyl (C=O) groups is 1. The second-order valence-electron chi connectivity index (χ2n) is 10.8. The van der Waals surface area contributed by atoms with E-state index in [4.69, 9.17) is 4.84 Å². The lowest BCUT2D eigenvalue weighted by atomic mass is 9.98. The van der Waals surface area contributed by atoms with Crippen LogP contribution >= 0.6 is 0 Å². The van der Waals surface area contributed by atoms with Crippen molar-refractivity contribution in [3.05, 3.63) is 78.8 Å². The molecule has 42 heavy (non-hydrogen) atoms. The minimum Gasteiger partial charge on any atom is -0.328 e. The summed E-state index contributed by atoms with van der Waals surface area (Å²) in [6.07, 6.45) is 5.62. The minimum absolute atomic E-state index is 0.0668. The van der Waals surface area contributed by atoms with Crippen LogP contribution in [0.3, 0.4) is 0 Å². The van der Waals surface area contributed by atoms with Crippen molar-refractivity contribution in [2.75, 3.05) is 27.2 Å². The van der Waals surface area contributed by atoms with Crippen molar-refractivity contribution >= 4 is 38.1 Å². The number of aryl methyl sites for hydroxylation is 1. The largest absolute Gasteiger partial charge is 0.434 e. The maximum Gasteiger partial charge on any atom is 0.434 e. The molecule has 1 fully saturated rings. The molecule has 0 aliphatic carbocycles. The van der Waals surface area contributed by atoms with Crippen LogP contribution in [0.25, 0.3) is 33.1 Å². The summed E-state index contributed by atoms with van der Waals surface area (Å²) in [5.41, 5.74) is 3.76. The zero-order chi connectivity index (χ0) is 29.6. The zero-order valence-corrected chi connectivity index (χ0v) is 24.4. The van der Waals surface area contributed by atoms with Gasteiger partial charge in [0.1, 0.15) is 22.1 Å². The van der Waals surface area contributed by atoms with Crippen LogP contribution in [0, 0.1) is 18.7 Å². The second kappa shape index (κ2) is 10.8. The highest BCUT2D eigenvalue weighted by Crippen LogP contribution is 2.33. The molecule has 1 amide bonds. The lowest BCUT2D eigenvalue weighted by Gasteiger charge is -2.31. The van der Waals surface area contributed by atoms with E-state index in [0.29, 0.717) is 42.8 Å². The molecule has 0 spiro atoms. The average molecular weight is 591 g/mol. The Hall–Kier alpha value is -4.29. The fourth-order valence-corrected chi connectivity index (χ4v) is 7.15. The molecular formula is C30H31FN6O4S. The molecule has 5 aromatic rings. The molecule has 0 N–H and O–H groups in total. The SMILES string of the molecule is Cc1nc2cnccc2n1CC1CCN(S(=O)(=O)c2cn(OC(=O)N(C)C)c3cc(-c4ccc(F)cc4)ccc23)CC1. The van der Waals surface area contributed by atoms with E-state index in [2.05, 4.69) is 14.5 Å². The molecule has 0 unspecified atom stereocenters. The third kappa shape index (κ3) is 5.12. The molecule has 0 saturated carbocycles. The lowest BCUT2D eigenvalue weighted by molar-refractivity contribution is 0.111. The van der Waals surface area contributed by atoms with Crippen molar-refractivity contribution in [2.45, 2.75) is 31.2 Å². The molecule has 1 aliphatic rings. The van der Waals surface area contributed by atoms with Gasteiger partial charge in [0.15, 0.2) is 0 Å². The minimum atomic E-state index is -3.90. The summed E-state index contributed by atoms with van der Waals surface area (Å²) in [7, 11) is -0.812. The first kappa shape index (κ1) is 27.9. The highest BCUT2D eigenvalue weighted by Gasteiger charge is 2.33. The van der Waals surface area contributed by atoms with Gasteiger partial charge in [-0.25, -0.2) is 22.6 Å². The molecule has 0 radical (unpaired) electrons. The van der Waals surface area contributed by atoms with Gasteiger partial charge in [0, 0.05) is 45.3 Å². The monoisotopic (exact) mass is 590 g/mol. The molecule has 218 valence electrons. The highest BCUT2D eigenvalue weighted by molar-refractivity contribution is 7.89. The molecule has 6 rings (SSSR count). The first-order chi connectivity index (χ1) is 20.1. The van der Waals surface area contributed by atoms with Gasteiger partial charge in [-0.15, -0.1) is 0 Å². The van der Waals surface area contributed by atoms with E-state index < -0.39 is 16.1 Å². The van der Waals surface area contributed by atoms with E-state index in [0.717, 1.165) is 34.5 Å². The number of carbonyl (C=O) groups excluding carboxylic acids is 1. The maximum atomic E-state index is 14.0. The Labute approximate surface area is 243 Å². The predicted molar refractivity (Wildman–Crippen MR) is 157 cm³/mol. The van der Waals surface area contributed by atoms with E-state index in [9.17, 15) is 17.6 Å². The molecule has 2 aromatic carbocycles. The van der Waals surface area contributed by atoms with Crippen molar-refractivity contribution in [2.24, 2.45) is 5.92 Å². The van der Waals surface area contributed by atoms with Gasteiger partial charge in [-0.3, -0.25) is 4.98 Å². The molecule has 4 heterocycles. The van der Waals surface area contributed by atoms with E-state index in [1.807, 2.05) is 13.0 Å². The van der Waals surface area contributed by atoms with Crippen molar-refractivity contribution in [1.29, 1.82) is 0 Å². The van der Waals surface area contributed by atoms with Crippen LogP contribution in [0.5, 0.6) is 0 Å². The summed E-state index contributed by atoms with van der Waals surface area (Å²) < 4.78 is 46.3. The third-order valence-electron chi connectivity index (χ3n) is 7.83. The van der Waals surface area contributed by atoms with Gasteiger partial charge < -0.3 is 14.3 Å². The van der Waals surface area contributed by atoms with Crippen LogP contribution in [0.15, 0.2) is 72.0 Å². The van der Waals surface area contributed by atoms with Gasteiger partial charge >= 0.3 is 6.09 Å². The van der Waals surface area contributed by atoms with Gasteiger partial charge in [0.2, 0.25) is 10.0 Å². The molecule has 3 aromatic heterocycles. The van der Waals surface area contributed by atoms with Gasteiger partial charge in [-0.2, -0.15) is 9.04 Å². The van der Waals surface area contributed by atoms with Crippen LogP contribution in [-0.2, 0) is 16.6 Å². The number of imidazole rings is 1. The second-order valence-corrected chi connectivity index (χ2v) is 12.7. The number of pyridine rings is 1. The fraction of sp³-hybridized carbons (Fsp3) is 0.300. The number of hydrogen-bond donors (Lipinski definition) is 0. The summed E-state index contributed by atoms with van der Waals surface area (Å²) in [5, 5.41) is 0.434. The average Bonchev–Trinajstić information content (AvgIpc) is 3.50. The van der Waals surface area contributed by atoms with Crippen LogP contribution in [0.2, 0.25) is 0 Å². The molecule has 1 aliphatic heterocycles. The first-order valence-electron chi connectivity index (χ1n) is 13.7. The molecule has 0 bridgehead atoms. The van der Waals surface area contributed by atoms with E-state index >= 15 is 0 Å². The Kier molecular flexibility index (Phi) is 7.19. The van der Waals surface area contributed by atoms with Crippen molar-refractivity contribution < 1.29 is 22.4 Å². The number of nitrogens with zero attached hydrogens (tertiary/aromatic N) is 6. The Balaban J connectivity index is 1.28. The lowest BCUT2D eigenvalue weighted by Crippen LogP contribution is -2.39. The smallest absolute Gasteiger partial charge is 0.328 e. The van der Waals surface area contributed by atoms with Crippen LogP contribution < -0.4 is 4.84 Å². The first-order valence-corrected chi connectivity index (χ1v) is 15.1. The van der Waals surface area contributed by atoms with E-state index in [-0.39, 0.29) is 10.7 Å². The number of fused-ring (bicyclic) bond motifs is 2. The van der Waals surface area contributed by atoms with Crippen molar-refractivity contribution in [3.8, 4) is 11.1 Å². The number of hydrogen-bond acceptors (Lipinski definition) is 6. The topological polar surface area (TPSA) is 103 Å². The molecule has 10 nitrogen and oxygen atoms in total. The summed E-state index contributed by atoms with van der Waals surface area (Å²) >= 11 is 0. The number of sulfonamides is 1. The van der Waals surface area contributed by atoms with E-state index in [1.165, 1.54) is 32.3 Å². The van der Waals surface area contributed by atoms with Gasteiger partial charge in [0.05, 0.1) is 23.4 Å². The summed E-state index contributed by atoms with van der Waals surface area (Å²) in [6.45, 7) is 3.47. The number of aromatic nitrogens is 4. The summed E-state index contributed by atoms with van der Waals surface area (Å²) in [4.78, 5) is 28.1. The van der Waals surface area contributed by atoms with Crippen molar-refractivity contribution in [3.63, 3.8) is 0 Å². The van der Waals surface area contributed by atoms with Gasteiger partial charge in [-0.05, 0) is 61.1 Å². The number of amides is 1. The van der Waals surface area contributed by atoms with Crippen LogP contribution in [0.1, 0.15) is 18.7 Å². The fourth-order valence-electron chi connectivity index (χ4n) is 5.50. The Morgan fingerprint density at radius 1 is 1.05 bits per heavy atom. The van der Waals surface area contributed by atoms with Crippen LogP contribution in [0.4, 0.5) is 9.18 Å². The quantitative estimate of drug-likeness (QED) is 0.284. The van der Waals surface area contributed by atoms with Crippen molar-refractivity contribution in [1.82, 2.24) is 28.5 Å². The predicted octanol–water partition coefficient (Wildman–Crippen LogP) is 4.71. The number of rotatable bonds is 6. The number of piperidine rings is 1. The van der Waals surface area contributed by atoms with Gasteiger partial charge in [-0.1, -0.05) is 24.3 Å². The molecule has 0 atom stereocenters. The maximum absolute atomic E-state index is 14.0. The standard InChI is InChI=1S/C30H31FN6O4S/c1-20-33-26-17-32-13-10-27(26)36(20)18-21-11-14-35(15-12-21)42(39,40)29-19-37(41-30(38)34(2)3)28-16-23(6-9-25(28)29)22-4-7-24(31)8-5-22/h4-10,13,16-17,19,21H,11-12,14-15,18H2,1-3H3. The van der Waals surface area contributed by atoms with E-state index in [1.54, 1.807) is 56.8 Å². The summed E-state index contributed by atoms with van der Waals surface area (Å²) in [6, 6.07) is 13.2. The van der Waals surface area contributed by atoms with Gasteiger partial charge in [0.25, 0.3) is 0 Å². The highest BCUT2D eigenvalue weighted by atomic mass is 32.2.